The van der Waals surface area contributed by atoms with E-state index in [4.69, 9.17) is 0 Å². The highest BCUT2D eigenvalue weighted by atomic mass is 15.1. The van der Waals surface area contributed by atoms with Crippen LogP contribution in [0.2, 0.25) is 0 Å². The molecule has 7 heteroatoms. The molecule has 1 aliphatic heterocycles. The van der Waals surface area contributed by atoms with Crippen molar-refractivity contribution in [2.75, 3.05) is 18.4 Å². The number of likely N-dealkylation sites (tertiary alicyclic amines) is 1. The first-order valence-corrected chi connectivity index (χ1v) is 9.27. The van der Waals surface area contributed by atoms with Gasteiger partial charge in [0.2, 0.25) is 0 Å². The topological polar surface area (TPSA) is 79.7 Å². The first-order valence-electron chi connectivity index (χ1n) is 9.27. The van der Waals surface area contributed by atoms with Crippen molar-refractivity contribution in [3.63, 3.8) is 0 Å². The third-order valence-electron chi connectivity index (χ3n) is 4.84. The molecule has 3 aromatic rings. The zero-order valence-corrected chi connectivity index (χ0v) is 15.4. The molecular formula is C20H23N7. The fourth-order valence-corrected chi connectivity index (χ4v) is 3.51. The molecule has 0 bridgehead atoms. The molecule has 0 saturated carbocycles. The van der Waals surface area contributed by atoms with Crippen molar-refractivity contribution < 1.29 is 0 Å². The summed E-state index contributed by atoms with van der Waals surface area (Å²) in [6.07, 6.45) is 10.6. The van der Waals surface area contributed by atoms with Gasteiger partial charge in [0.1, 0.15) is 5.82 Å². The van der Waals surface area contributed by atoms with Gasteiger partial charge in [0.15, 0.2) is 5.82 Å². The van der Waals surface area contributed by atoms with Gasteiger partial charge in [-0.05, 0) is 45.0 Å². The molecule has 1 aliphatic rings. The molecule has 0 aliphatic carbocycles. The Hall–Kier alpha value is -2.93. The molecule has 138 valence electrons. The fourth-order valence-electron chi connectivity index (χ4n) is 3.51. The number of nitrogens with one attached hydrogen (secondary N) is 1. The standard InChI is InChI=1S/C20H23N7/c1-15-3-2-4-17(25-15)14-27-11-5-16(6-12-27)19-20(24-10-9-23-19)26-18-13-21-7-8-22-18/h2-4,7-10,13,16H,5-6,11-12,14H2,1H3,(H,22,24,26). The lowest BCUT2D eigenvalue weighted by Gasteiger charge is -2.31. The van der Waals surface area contributed by atoms with Crippen LogP contribution in [0.1, 0.15) is 35.8 Å². The number of nitrogens with zero attached hydrogens (tertiary/aromatic N) is 6. The second-order valence-electron chi connectivity index (χ2n) is 6.83. The summed E-state index contributed by atoms with van der Waals surface area (Å²) < 4.78 is 0. The van der Waals surface area contributed by atoms with Crippen LogP contribution < -0.4 is 5.32 Å². The van der Waals surface area contributed by atoms with Gasteiger partial charge in [0.25, 0.3) is 0 Å². The summed E-state index contributed by atoms with van der Waals surface area (Å²) in [6, 6.07) is 6.22. The van der Waals surface area contributed by atoms with Gasteiger partial charge < -0.3 is 5.32 Å². The Kier molecular flexibility index (Phi) is 5.29. The number of piperidine rings is 1. The maximum absolute atomic E-state index is 4.62. The molecule has 1 fully saturated rings. The van der Waals surface area contributed by atoms with Gasteiger partial charge in [-0.3, -0.25) is 19.9 Å². The van der Waals surface area contributed by atoms with E-state index in [0.29, 0.717) is 11.7 Å². The van der Waals surface area contributed by atoms with Crippen molar-refractivity contribution in [2.24, 2.45) is 0 Å². The Bertz CT molecular complexity index is 876. The Morgan fingerprint density at radius 2 is 1.85 bits per heavy atom. The number of aryl methyl sites for hydroxylation is 1. The quantitative estimate of drug-likeness (QED) is 0.748. The van der Waals surface area contributed by atoms with E-state index in [2.05, 4.69) is 47.3 Å². The van der Waals surface area contributed by atoms with Gasteiger partial charge >= 0.3 is 0 Å². The lowest BCUT2D eigenvalue weighted by atomic mass is 9.93. The predicted octanol–water partition coefficient (Wildman–Crippen LogP) is 3.09. The van der Waals surface area contributed by atoms with Gasteiger partial charge in [-0.25, -0.2) is 9.97 Å². The van der Waals surface area contributed by atoms with Crippen molar-refractivity contribution >= 4 is 11.6 Å². The molecule has 0 unspecified atom stereocenters. The van der Waals surface area contributed by atoms with Crippen molar-refractivity contribution in [3.8, 4) is 0 Å². The molecule has 0 aromatic carbocycles. The maximum Gasteiger partial charge on any atom is 0.153 e. The first kappa shape index (κ1) is 17.5. The van der Waals surface area contributed by atoms with Crippen LogP contribution in [0, 0.1) is 6.92 Å². The van der Waals surface area contributed by atoms with E-state index >= 15 is 0 Å². The van der Waals surface area contributed by atoms with E-state index in [0.717, 1.165) is 55.4 Å². The Labute approximate surface area is 159 Å². The van der Waals surface area contributed by atoms with Gasteiger partial charge in [-0.2, -0.15) is 0 Å². The number of rotatable bonds is 5. The van der Waals surface area contributed by atoms with Crippen molar-refractivity contribution in [1.82, 2.24) is 29.8 Å². The highest BCUT2D eigenvalue weighted by molar-refractivity contribution is 5.53. The lowest BCUT2D eigenvalue weighted by Crippen LogP contribution is -2.33. The van der Waals surface area contributed by atoms with Crippen LogP contribution in [0.25, 0.3) is 0 Å². The van der Waals surface area contributed by atoms with Crippen molar-refractivity contribution in [1.29, 1.82) is 0 Å². The SMILES string of the molecule is Cc1cccc(CN2CCC(c3nccnc3Nc3cnccn3)CC2)n1. The van der Waals surface area contributed by atoms with Gasteiger partial charge in [-0.15, -0.1) is 0 Å². The maximum atomic E-state index is 4.62. The molecule has 4 rings (SSSR count). The average molecular weight is 361 g/mol. The summed E-state index contributed by atoms with van der Waals surface area (Å²) in [7, 11) is 0. The monoisotopic (exact) mass is 361 g/mol. The smallest absolute Gasteiger partial charge is 0.153 e. The number of hydrogen-bond donors (Lipinski definition) is 1. The van der Waals surface area contributed by atoms with E-state index < -0.39 is 0 Å². The second-order valence-corrected chi connectivity index (χ2v) is 6.83. The van der Waals surface area contributed by atoms with Crippen LogP contribution in [-0.4, -0.2) is 42.9 Å². The van der Waals surface area contributed by atoms with Crippen molar-refractivity contribution in [3.05, 3.63) is 66.3 Å². The Morgan fingerprint density at radius 1 is 1.04 bits per heavy atom. The molecular weight excluding hydrogens is 338 g/mol. The highest BCUT2D eigenvalue weighted by Gasteiger charge is 2.24. The minimum Gasteiger partial charge on any atom is -0.322 e. The number of aromatic nitrogens is 5. The van der Waals surface area contributed by atoms with E-state index in [-0.39, 0.29) is 0 Å². The largest absolute Gasteiger partial charge is 0.322 e. The van der Waals surface area contributed by atoms with Gasteiger partial charge in [0.05, 0.1) is 17.6 Å². The van der Waals surface area contributed by atoms with Gasteiger partial charge in [0, 0.05) is 42.9 Å². The molecule has 1 N–H and O–H groups in total. The van der Waals surface area contributed by atoms with Crippen LogP contribution in [-0.2, 0) is 6.54 Å². The average Bonchev–Trinajstić information content (AvgIpc) is 2.70. The van der Waals surface area contributed by atoms with Crippen LogP contribution in [0.15, 0.2) is 49.2 Å². The molecule has 7 nitrogen and oxygen atoms in total. The van der Waals surface area contributed by atoms with E-state index in [1.807, 2.05) is 13.0 Å². The third-order valence-corrected chi connectivity index (χ3v) is 4.84. The molecule has 1 saturated heterocycles. The summed E-state index contributed by atoms with van der Waals surface area (Å²) in [6.45, 7) is 5.00. The summed E-state index contributed by atoms with van der Waals surface area (Å²) in [5.74, 6) is 1.85. The van der Waals surface area contributed by atoms with Crippen LogP contribution in [0.4, 0.5) is 11.6 Å². The van der Waals surface area contributed by atoms with E-state index in [1.165, 1.54) is 0 Å². The molecule has 0 amide bonds. The van der Waals surface area contributed by atoms with E-state index in [9.17, 15) is 0 Å². The summed E-state index contributed by atoms with van der Waals surface area (Å²) in [4.78, 5) is 24.5. The molecule has 4 heterocycles. The minimum absolute atomic E-state index is 0.389. The second kappa shape index (κ2) is 8.18. The predicted molar refractivity (Wildman–Crippen MR) is 104 cm³/mol. The number of pyridine rings is 1. The van der Waals surface area contributed by atoms with Crippen LogP contribution in [0.5, 0.6) is 0 Å². The normalized spacial score (nSPS) is 15.6. The van der Waals surface area contributed by atoms with Crippen molar-refractivity contribution in [2.45, 2.75) is 32.2 Å². The van der Waals surface area contributed by atoms with Crippen LogP contribution >= 0.6 is 0 Å². The molecule has 0 atom stereocenters. The summed E-state index contributed by atoms with van der Waals surface area (Å²) in [5.41, 5.74) is 3.22. The number of anilines is 2. The summed E-state index contributed by atoms with van der Waals surface area (Å²) >= 11 is 0. The third kappa shape index (κ3) is 4.43. The summed E-state index contributed by atoms with van der Waals surface area (Å²) in [5, 5.41) is 3.26. The Morgan fingerprint density at radius 3 is 2.63 bits per heavy atom. The molecule has 0 spiro atoms. The minimum atomic E-state index is 0.389. The zero-order valence-electron chi connectivity index (χ0n) is 15.4. The lowest BCUT2D eigenvalue weighted by molar-refractivity contribution is 0.201. The highest BCUT2D eigenvalue weighted by Crippen LogP contribution is 2.31. The van der Waals surface area contributed by atoms with Gasteiger partial charge in [-0.1, -0.05) is 6.07 Å². The first-order chi connectivity index (χ1) is 13.3. The number of hydrogen-bond acceptors (Lipinski definition) is 7. The molecule has 0 radical (unpaired) electrons. The Balaban J connectivity index is 1.41. The molecule has 3 aromatic heterocycles. The molecule has 27 heavy (non-hydrogen) atoms. The zero-order chi connectivity index (χ0) is 18.5. The van der Waals surface area contributed by atoms with E-state index in [1.54, 1.807) is 31.0 Å². The van der Waals surface area contributed by atoms with Crippen LogP contribution in [0.3, 0.4) is 0 Å². The fraction of sp³-hybridized carbons (Fsp3) is 0.350.